The first-order valence-corrected chi connectivity index (χ1v) is 5.47. The Bertz CT molecular complexity index is 358. The van der Waals surface area contributed by atoms with E-state index >= 15 is 0 Å². The summed E-state index contributed by atoms with van der Waals surface area (Å²) in [6.45, 7) is 0.0499. The summed E-state index contributed by atoms with van der Waals surface area (Å²) in [4.78, 5) is 0. The maximum Gasteiger partial charge on any atom is 0.408 e. The molecule has 0 unspecified atom stereocenters. The van der Waals surface area contributed by atoms with E-state index in [1.165, 1.54) is 0 Å². The molecule has 5 heteroatoms. The fourth-order valence-corrected chi connectivity index (χ4v) is 1.90. The summed E-state index contributed by atoms with van der Waals surface area (Å²) in [6.07, 6.45) is -4.30. The standard InChI is InChI=1S/C12H14F3NO/c13-12(14,15)11(6-7-17-9-11)16-8-10-4-2-1-3-5-10/h1-5,16H,6-9H2/t11-/m0/s1. The molecule has 2 nitrogen and oxygen atoms in total. The van der Waals surface area contributed by atoms with Gasteiger partial charge in [0.05, 0.1) is 6.61 Å². The first-order valence-electron chi connectivity index (χ1n) is 5.47. The molecule has 1 aromatic rings. The topological polar surface area (TPSA) is 21.3 Å². The zero-order chi connectivity index (χ0) is 12.4. The molecular weight excluding hydrogens is 231 g/mol. The summed E-state index contributed by atoms with van der Waals surface area (Å²) in [5.41, 5.74) is -1.05. The lowest BCUT2D eigenvalue weighted by atomic mass is 9.97. The molecule has 0 saturated carbocycles. The van der Waals surface area contributed by atoms with Crippen molar-refractivity contribution in [3.8, 4) is 0 Å². The first kappa shape index (κ1) is 12.4. The van der Waals surface area contributed by atoms with Crippen molar-refractivity contribution in [3.63, 3.8) is 0 Å². The van der Waals surface area contributed by atoms with Gasteiger partial charge in [-0.3, -0.25) is 5.32 Å². The van der Waals surface area contributed by atoms with Crippen LogP contribution in [-0.4, -0.2) is 24.9 Å². The van der Waals surface area contributed by atoms with Crippen LogP contribution in [0.15, 0.2) is 30.3 Å². The smallest absolute Gasteiger partial charge is 0.379 e. The van der Waals surface area contributed by atoms with Crippen molar-refractivity contribution in [1.29, 1.82) is 0 Å². The minimum Gasteiger partial charge on any atom is -0.379 e. The Labute approximate surface area is 97.8 Å². The molecule has 0 spiro atoms. The molecule has 1 fully saturated rings. The number of rotatable bonds is 3. The van der Waals surface area contributed by atoms with Crippen LogP contribution in [0.3, 0.4) is 0 Å². The number of hydrogen-bond donors (Lipinski definition) is 1. The zero-order valence-electron chi connectivity index (χ0n) is 9.26. The van der Waals surface area contributed by atoms with Gasteiger partial charge in [-0.25, -0.2) is 0 Å². The molecule has 1 aromatic carbocycles. The van der Waals surface area contributed by atoms with E-state index in [1.807, 2.05) is 18.2 Å². The molecule has 94 valence electrons. The molecular formula is C12H14F3NO. The van der Waals surface area contributed by atoms with Gasteiger partial charge in [-0.2, -0.15) is 13.2 Å². The van der Waals surface area contributed by atoms with Crippen LogP contribution in [0.2, 0.25) is 0 Å². The predicted octanol–water partition coefficient (Wildman–Crippen LogP) is 2.50. The molecule has 1 N–H and O–H groups in total. The second-order valence-electron chi connectivity index (χ2n) is 4.22. The Kier molecular flexibility index (Phi) is 3.40. The third-order valence-electron chi connectivity index (χ3n) is 3.04. The minimum absolute atomic E-state index is 0.0245. The van der Waals surface area contributed by atoms with Crippen LogP contribution in [-0.2, 0) is 11.3 Å². The van der Waals surface area contributed by atoms with Gasteiger partial charge < -0.3 is 4.74 Å². The summed E-state index contributed by atoms with van der Waals surface area (Å²) >= 11 is 0. The number of nitrogens with one attached hydrogen (secondary N) is 1. The summed E-state index contributed by atoms with van der Waals surface area (Å²) < 4.78 is 43.8. The molecule has 0 aliphatic carbocycles. The highest BCUT2D eigenvalue weighted by atomic mass is 19.4. The van der Waals surface area contributed by atoms with Gasteiger partial charge in [-0.15, -0.1) is 0 Å². The van der Waals surface area contributed by atoms with Crippen LogP contribution in [0.5, 0.6) is 0 Å². The Hall–Kier alpha value is -1.07. The van der Waals surface area contributed by atoms with Gasteiger partial charge in [0.2, 0.25) is 0 Å². The molecule has 1 aliphatic rings. The van der Waals surface area contributed by atoms with Crippen LogP contribution < -0.4 is 5.32 Å². The molecule has 1 heterocycles. The van der Waals surface area contributed by atoms with Gasteiger partial charge in [-0.1, -0.05) is 30.3 Å². The lowest BCUT2D eigenvalue weighted by molar-refractivity contribution is -0.196. The van der Waals surface area contributed by atoms with Gasteiger partial charge >= 0.3 is 6.18 Å². The lowest BCUT2D eigenvalue weighted by Crippen LogP contribution is -2.57. The fourth-order valence-electron chi connectivity index (χ4n) is 1.90. The predicted molar refractivity (Wildman–Crippen MR) is 57.5 cm³/mol. The third-order valence-corrected chi connectivity index (χ3v) is 3.04. The fraction of sp³-hybridized carbons (Fsp3) is 0.500. The van der Waals surface area contributed by atoms with E-state index in [1.54, 1.807) is 12.1 Å². The summed E-state index contributed by atoms with van der Waals surface area (Å²) in [5, 5.41) is 2.60. The van der Waals surface area contributed by atoms with Crippen molar-refractivity contribution in [2.75, 3.05) is 13.2 Å². The minimum atomic E-state index is -4.28. The maximum atomic E-state index is 13.0. The van der Waals surface area contributed by atoms with Gasteiger partial charge in [0.15, 0.2) is 0 Å². The number of ether oxygens (including phenoxy) is 1. The van der Waals surface area contributed by atoms with E-state index in [0.29, 0.717) is 0 Å². The van der Waals surface area contributed by atoms with Crippen molar-refractivity contribution >= 4 is 0 Å². The van der Waals surface area contributed by atoms with Gasteiger partial charge in [0.1, 0.15) is 5.54 Å². The summed E-state index contributed by atoms with van der Waals surface area (Å²) in [5.74, 6) is 0. The Balaban J connectivity index is 2.05. The normalized spacial score (nSPS) is 25.1. The van der Waals surface area contributed by atoms with Crippen molar-refractivity contribution in [3.05, 3.63) is 35.9 Å². The van der Waals surface area contributed by atoms with Crippen molar-refractivity contribution in [2.45, 2.75) is 24.7 Å². The highest BCUT2D eigenvalue weighted by Gasteiger charge is 2.56. The van der Waals surface area contributed by atoms with Crippen molar-refractivity contribution < 1.29 is 17.9 Å². The lowest BCUT2D eigenvalue weighted by Gasteiger charge is -2.31. The van der Waals surface area contributed by atoms with Crippen LogP contribution in [0, 0.1) is 0 Å². The third kappa shape index (κ3) is 2.61. The molecule has 17 heavy (non-hydrogen) atoms. The average Bonchev–Trinajstić information content (AvgIpc) is 2.77. The van der Waals surface area contributed by atoms with Crippen LogP contribution in [0.25, 0.3) is 0 Å². The summed E-state index contributed by atoms with van der Waals surface area (Å²) in [6, 6.07) is 9.05. The van der Waals surface area contributed by atoms with E-state index < -0.39 is 11.7 Å². The van der Waals surface area contributed by atoms with Crippen molar-refractivity contribution in [2.24, 2.45) is 0 Å². The molecule has 0 bridgehead atoms. The molecule has 0 amide bonds. The molecule has 1 atom stereocenters. The van der Waals surface area contributed by atoms with E-state index in [4.69, 9.17) is 4.74 Å². The quantitative estimate of drug-likeness (QED) is 0.883. The maximum absolute atomic E-state index is 13.0. The molecule has 2 rings (SSSR count). The highest BCUT2D eigenvalue weighted by molar-refractivity contribution is 5.15. The van der Waals surface area contributed by atoms with Crippen LogP contribution >= 0.6 is 0 Å². The molecule has 0 aromatic heterocycles. The van der Waals surface area contributed by atoms with E-state index in [-0.39, 0.29) is 26.2 Å². The number of alkyl halides is 3. The second-order valence-corrected chi connectivity index (χ2v) is 4.22. The summed E-state index contributed by atoms with van der Waals surface area (Å²) in [7, 11) is 0. The van der Waals surface area contributed by atoms with Gasteiger partial charge in [-0.05, 0) is 5.56 Å². The largest absolute Gasteiger partial charge is 0.408 e. The average molecular weight is 245 g/mol. The number of hydrogen-bond acceptors (Lipinski definition) is 2. The zero-order valence-corrected chi connectivity index (χ0v) is 9.26. The highest BCUT2D eigenvalue weighted by Crippen LogP contribution is 2.36. The molecule has 1 saturated heterocycles. The second kappa shape index (κ2) is 4.66. The Morgan fingerprint density at radius 3 is 2.47 bits per heavy atom. The van der Waals surface area contributed by atoms with E-state index in [0.717, 1.165) is 5.56 Å². The molecule has 0 radical (unpaired) electrons. The van der Waals surface area contributed by atoms with Gasteiger partial charge in [0.25, 0.3) is 0 Å². The van der Waals surface area contributed by atoms with E-state index in [2.05, 4.69) is 5.32 Å². The van der Waals surface area contributed by atoms with Crippen LogP contribution in [0.4, 0.5) is 13.2 Å². The monoisotopic (exact) mass is 245 g/mol. The van der Waals surface area contributed by atoms with Crippen molar-refractivity contribution in [1.82, 2.24) is 5.32 Å². The molecule has 1 aliphatic heterocycles. The Morgan fingerprint density at radius 1 is 1.24 bits per heavy atom. The Morgan fingerprint density at radius 2 is 1.94 bits per heavy atom. The number of benzene rings is 1. The van der Waals surface area contributed by atoms with Crippen LogP contribution in [0.1, 0.15) is 12.0 Å². The SMILES string of the molecule is FC(F)(F)[C@]1(NCc2ccccc2)CCOC1. The van der Waals surface area contributed by atoms with Gasteiger partial charge in [0, 0.05) is 19.6 Å². The first-order chi connectivity index (χ1) is 8.04. The van der Waals surface area contributed by atoms with E-state index in [9.17, 15) is 13.2 Å². The number of halogens is 3.